The molecule has 0 spiro atoms. The van der Waals surface area contributed by atoms with Gasteiger partial charge in [0.2, 0.25) is 5.91 Å². The fourth-order valence-electron chi connectivity index (χ4n) is 4.21. The second kappa shape index (κ2) is 15.0. The fourth-order valence-corrected chi connectivity index (χ4v) is 6.42. The van der Waals surface area contributed by atoms with Crippen LogP contribution in [-0.4, -0.2) is 34.6 Å². The van der Waals surface area contributed by atoms with Crippen LogP contribution in [0.15, 0.2) is 83.1 Å². The van der Waals surface area contributed by atoms with E-state index in [1.54, 1.807) is 31.2 Å². The molecule has 222 valence electrons. The minimum atomic E-state index is -0.464. The number of thiophene rings is 1. The Kier molecular flexibility index (Phi) is 11.1. The number of hydrogen-bond donors (Lipinski definition) is 3. The Bertz CT molecular complexity index is 1620. The van der Waals surface area contributed by atoms with Crippen LogP contribution in [0.1, 0.15) is 53.5 Å². The summed E-state index contributed by atoms with van der Waals surface area (Å²) in [6.07, 6.45) is 0.579. The smallest absolute Gasteiger partial charge is 0.341 e. The van der Waals surface area contributed by atoms with Crippen molar-refractivity contribution in [3.8, 4) is 11.1 Å². The van der Waals surface area contributed by atoms with Gasteiger partial charge in [-0.15, -0.1) is 23.1 Å². The number of amides is 1. The van der Waals surface area contributed by atoms with Gasteiger partial charge >= 0.3 is 5.97 Å². The molecular weight excluding hydrogens is 599 g/mol. The highest BCUT2D eigenvalue weighted by atomic mass is 32.2. The maximum Gasteiger partial charge on any atom is 0.341 e. The fraction of sp³-hybridized carbons (Fsp3) is 0.212. The number of hydrogen-bond acceptors (Lipinski definition) is 7. The summed E-state index contributed by atoms with van der Waals surface area (Å²) in [6, 6.07) is 22.6. The van der Waals surface area contributed by atoms with Gasteiger partial charge in [0.15, 0.2) is 10.9 Å². The minimum Gasteiger partial charge on any atom is -0.462 e. The molecule has 0 aliphatic rings. The Morgan fingerprint density at radius 3 is 2.28 bits per heavy atom. The number of rotatable bonds is 11. The lowest BCUT2D eigenvalue weighted by Gasteiger charge is -2.16. The molecule has 0 bridgehead atoms. The van der Waals surface area contributed by atoms with E-state index >= 15 is 0 Å². The van der Waals surface area contributed by atoms with E-state index < -0.39 is 11.2 Å². The van der Waals surface area contributed by atoms with Gasteiger partial charge in [0.1, 0.15) is 10.6 Å². The predicted molar refractivity (Wildman–Crippen MR) is 182 cm³/mol. The van der Waals surface area contributed by atoms with Crippen molar-refractivity contribution in [2.24, 2.45) is 0 Å². The Hall–Kier alpha value is -3.99. The number of esters is 1. The monoisotopic (exact) mass is 631 g/mol. The molecule has 0 aliphatic carbocycles. The summed E-state index contributed by atoms with van der Waals surface area (Å²) in [5.41, 5.74) is 5.26. The standard InChI is InChI=1S/C33H33N3O4S3/c1-5-28(30(38)36-31-29(32(39)40-6-2)27(19-42-31)23-12-10-20(3)11-13-23)43-26-9-7-8-25(18-26)35-33(41)34-24-16-14-22(15-17-24)21(4)37/h7-19,28H,5-6H2,1-4H3,(H,36,38)(H2,34,35,41). The third-order valence-corrected chi connectivity index (χ3v) is 8.91. The normalized spacial score (nSPS) is 11.3. The average molecular weight is 632 g/mol. The number of thiocarbonyl (C=S) groups is 1. The van der Waals surface area contributed by atoms with Crippen molar-refractivity contribution in [3.63, 3.8) is 0 Å². The number of nitrogens with one attached hydrogen (secondary N) is 3. The van der Waals surface area contributed by atoms with Crippen LogP contribution in [0.2, 0.25) is 0 Å². The lowest BCUT2D eigenvalue weighted by molar-refractivity contribution is -0.115. The first kappa shape index (κ1) is 31.9. The molecule has 0 radical (unpaired) electrons. The molecule has 4 rings (SSSR count). The summed E-state index contributed by atoms with van der Waals surface area (Å²) in [7, 11) is 0. The number of thioether (sulfide) groups is 1. The van der Waals surface area contributed by atoms with Crippen LogP contribution in [0, 0.1) is 6.92 Å². The van der Waals surface area contributed by atoms with Gasteiger partial charge in [-0.25, -0.2) is 4.79 Å². The second-order valence-electron chi connectivity index (χ2n) is 9.68. The van der Waals surface area contributed by atoms with Crippen molar-refractivity contribution >= 4 is 74.5 Å². The second-order valence-corrected chi connectivity index (χ2v) is 12.2. The van der Waals surface area contributed by atoms with E-state index in [4.69, 9.17) is 17.0 Å². The Labute approximate surface area is 265 Å². The van der Waals surface area contributed by atoms with Crippen molar-refractivity contribution in [1.82, 2.24) is 0 Å². The van der Waals surface area contributed by atoms with Gasteiger partial charge in [0, 0.05) is 32.8 Å². The first-order valence-corrected chi connectivity index (χ1v) is 16.0. The van der Waals surface area contributed by atoms with E-state index in [-0.39, 0.29) is 18.3 Å². The van der Waals surface area contributed by atoms with Crippen LogP contribution in [0.25, 0.3) is 11.1 Å². The molecule has 43 heavy (non-hydrogen) atoms. The summed E-state index contributed by atoms with van der Waals surface area (Å²) in [5.74, 6) is -0.657. The molecule has 4 aromatic rings. The average Bonchev–Trinajstić information content (AvgIpc) is 3.40. The van der Waals surface area contributed by atoms with E-state index in [2.05, 4.69) is 16.0 Å². The summed E-state index contributed by atoms with van der Waals surface area (Å²) in [6.45, 7) is 7.48. The molecule has 3 aromatic carbocycles. The van der Waals surface area contributed by atoms with Crippen molar-refractivity contribution in [2.75, 3.05) is 22.6 Å². The first-order chi connectivity index (χ1) is 20.7. The zero-order valence-electron chi connectivity index (χ0n) is 24.4. The molecule has 0 fully saturated rings. The SMILES string of the molecule is CCOC(=O)c1c(-c2ccc(C)cc2)csc1NC(=O)C(CC)Sc1cccc(NC(=S)Nc2ccc(C(C)=O)cc2)c1. The third kappa shape index (κ3) is 8.53. The molecule has 0 saturated heterocycles. The molecule has 1 atom stereocenters. The summed E-state index contributed by atoms with van der Waals surface area (Å²) < 4.78 is 5.35. The first-order valence-electron chi connectivity index (χ1n) is 13.8. The van der Waals surface area contributed by atoms with Crippen LogP contribution in [0.4, 0.5) is 16.4 Å². The zero-order chi connectivity index (χ0) is 30.9. The van der Waals surface area contributed by atoms with Crippen molar-refractivity contribution < 1.29 is 19.1 Å². The maximum absolute atomic E-state index is 13.5. The largest absolute Gasteiger partial charge is 0.462 e. The highest BCUT2D eigenvalue weighted by Crippen LogP contribution is 2.37. The molecule has 1 amide bonds. The molecule has 0 aliphatic heterocycles. The van der Waals surface area contributed by atoms with Crippen molar-refractivity contribution in [3.05, 3.63) is 94.9 Å². The highest BCUT2D eigenvalue weighted by molar-refractivity contribution is 8.00. The van der Waals surface area contributed by atoms with E-state index in [1.807, 2.05) is 67.8 Å². The number of carbonyl (C=O) groups excluding carboxylic acids is 3. The van der Waals surface area contributed by atoms with Gasteiger partial charge in [0.05, 0.1) is 11.9 Å². The molecule has 10 heteroatoms. The van der Waals surface area contributed by atoms with Crippen LogP contribution in [0.5, 0.6) is 0 Å². The summed E-state index contributed by atoms with van der Waals surface area (Å²) in [4.78, 5) is 38.8. The predicted octanol–water partition coefficient (Wildman–Crippen LogP) is 8.42. The third-order valence-electron chi connectivity index (χ3n) is 6.45. The van der Waals surface area contributed by atoms with E-state index in [1.165, 1.54) is 30.0 Å². The molecule has 1 unspecified atom stereocenters. The zero-order valence-corrected chi connectivity index (χ0v) is 26.8. The number of ether oxygens (including phenoxy) is 1. The topological polar surface area (TPSA) is 96.5 Å². The van der Waals surface area contributed by atoms with Gasteiger partial charge in [-0.3, -0.25) is 9.59 Å². The van der Waals surface area contributed by atoms with E-state index in [0.29, 0.717) is 27.7 Å². The van der Waals surface area contributed by atoms with Gasteiger partial charge in [-0.2, -0.15) is 0 Å². The lowest BCUT2D eigenvalue weighted by Crippen LogP contribution is -2.25. The molecule has 7 nitrogen and oxygen atoms in total. The minimum absolute atomic E-state index is 0.00227. The Balaban J connectivity index is 1.44. The van der Waals surface area contributed by atoms with Crippen LogP contribution >= 0.6 is 35.3 Å². The Morgan fingerprint density at radius 1 is 0.930 bits per heavy atom. The quantitative estimate of drug-likeness (QED) is 0.0657. The van der Waals surface area contributed by atoms with Crippen LogP contribution in [-0.2, 0) is 9.53 Å². The number of aryl methyl sites for hydroxylation is 1. The van der Waals surface area contributed by atoms with Crippen molar-refractivity contribution in [1.29, 1.82) is 0 Å². The van der Waals surface area contributed by atoms with Crippen molar-refractivity contribution in [2.45, 2.75) is 44.3 Å². The van der Waals surface area contributed by atoms with Crippen LogP contribution in [0.3, 0.4) is 0 Å². The number of anilines is 3. The molecule has 1 aromatic heterocycles. The van der Waals surface area contributed by atoms with Crippen LogP contribution < -0.4 is 16.0 Å². The molecule has 3 N–H and O–H groups in total. The lowest BCUT2D eigenvalue weighted by atomic mass is 10.0. The van der Waals surface area contributed by atoms with E-state index in [9.17, 15) is 14.4 Å². The van der Waals surface area contributed by atoms with Gasteiger partial charge in [-0.05, 0) is 87.4 Å². The molecule has 1 heterocycles. The van der Waals surface area contributed by atoms with Gasteiger partial charge in [-0.1, -0.05) is 42.8 Å². The van der Waals surface area contributed by atoms with Gasteiger partial charge < -0.3 is 20.7 Å². The number of carbonyl (C=O) groups is 3. The summed E-state index contributed by atoms with van der Waals surface area (Å²) >= 11 is 8.22. The highest BCUT2D eigenvalue weighted by Gasteiger charge is 2.25. The molecular formula is C33H33N3O4S3. The molecule has 0 saturated carbocycles. The van der Waals surface area contributed by atoms with E-state index in [0.717, 1.165) is 33.0 Å². The maximum atomic E-state index is 13.5. The summed E-state index contributed by atoms with van der Waals surface area (Å²) in [5, 5.41) is 11.6. The number of ketones is 1. The Morgan fingerprint density at radius 2 is 1.63 bits per heavy atom. The van der Waals surface area contributed by atoms with Gasteiger partial charge in [0.25, 0.3) is 0 Å². The number of Topliss-reactive ketones (excluding diaryl/α,β-unsaturated/α-hetero) is 1. The number of benzene rings is 3.